The third kappa shape index (κ3) is 1.36. The van der Waals surface area contributed by atoms with E-state index in [0.717, 1.165) is 5.56 Å². The monoisotopic (exact) mass is 191 g/mol. The van der Waals surface area contributed by atoms with Crippen LogP contribution in [-0.4, -0.2) is 11.6 Å². The predicted octanol–water partition coefficient (Wildman–Crippen LogP) is 2.02. The number of carbonyl (C=O) groups excluding carboxylic acids is 1. The highest BCUT2D eigenvalue weighted by molar-refractivity contribution is 5.41. The van der Waals surface area contributed by atoms with Crippen LogP contribution in [0.5, 0.6) is 0 Å². The van der Waals surface area contributed by atoms with Gasteiger partial charge < -0.3 is 0 Å². The molecule has 0 heterocycles. The molecule has 0 amide bonds. The highest BCUT2D eigenvalue weighted by Gasteiger charge is 2.34. The summed E-state index contributed by atoms with van der Waals surface area (Å²) >= 11 is 0. The zero-order chi connectivity index (χ0) is 10.2. The van der Waals surface area contributed by atoms with Crippen LogP contribution in [0, 0.1) is 5.82 Å². The van der Waals surface area contributed by atoms with Crippen molar-refractivity contribution in [3.8, 4) is 0 Å². The van der Waals surface area contributed by atoms with Crippen LogP contribution in [0.3, 0.4) is 0 Å². The Morgan fingerprint density at radius 3 is 2.93 bits per heavy atom. The number of halogens is 1. The lowest BCUT2D eigenvalue weighted by molar-refractivity contribution is 0.482. The van der Waals surface area contributed by atoms with Gasteiger partial charge in [0, 0.05) is 6.42 Å². The van der Waals surface area contributed by atoms with Crippen LogP contribution in [0.4, 0.5) is 4.39 Å². The summed E-state index contributed by atoms with van der Waals surface area (Å²) < 4.78 is 13.3. The molecule has 2 nitrogen and oxygen atoms in total. The molecule has 0 aromatic heterocycles. The summed E-state index contributed by atoms with van der Waals surface area (Å²) in [4.78, 5) is 14.0. The molecule has 2 rings (SSSR count). The second-order valence-corrected chi connectivity index (χ2v) is 3.93. The number of hydrogen-bond acceptors (Lipinski definition) is 2. The number of nitrogens with zero attached hydrogens (tertiary/aromatic N) is 1. The molecular formula is C11H10FNO. The Labute approximate surface area is 81.5 Å². The fourth-order valence-corrected chi connectivity index (χ4v) is 2.01. The lowest BCUT2D eigenvalue weighted by Crippen LogP contribution is -2.21. The van der Waals surface area contributed by atoms with Crippen molar-refractivity contribution in [1.82, 2.24) is 0 Å². The van der Waals surface area contributed by atoms with E-state index >= 15 is 0 Å². The Bertz CT molecular complexity index is 423. The summed E-state index contributed by atoms with van der Waals surface area (Å²) in [6.45, 7) is 1.84. The number of rotatable bonds is 1. The van der Waals surface area contributed by atoms with E-state index in [-0.39, 0.29) is 5.82 Å². The van der Waals surface area contributed by atoms with Crippen LogP contribution in [0.15, 0.2) is 23.2 Å². The van der Waals surface area contributed by atoms with Crippen molar-refractivity contribution in [1.29, 1.82) is 0 Å². The topological polar surface area (TPSA) is 29.4 Å². The van der Waals surface area contributed by atoms with Crippen molar-refractivity contribution < 1.29 is 9.18 Å². The number of benzene rings is 1. The summed E-state index contributed by atoms with van der Waals surface area (Å²) in [6, 6.07) is 5.00. The maximum atomic E-state index is 13.3. The molecule has 0 bridgehead atoms. The highest BCUT2D eigenvalue weighted by Crippen LogP contribution is 2.33. The van der Waals surface area contributed by atoms with Crippen LogP contribution >= 0.6 is 0 Å². The van der Waals surface area contributed by atoms with Gasteiger partial charge in [-0.15, -0.1) is 0 Å². The second-order valence-electron chi connectivity index (χ2n) is 3.93. The fourth-order valence-electron chi connectivity index (χ4n) is 2.01. The van der Waals surface area contributed by atoms with Crippen LogP contribution < -0.4 is 0 Å². The summed E-state index contributed by atoms with van der Waals surface area (Å²) in [6.07, 6.45) is 2.67. The second kappa shape index (κ2) is 3.03. The Morgan fingerprint density at radius 1 is 1.50 bits per heavy atom. The van der Waals surface area contributed by atoms with Crippen molar-refractivity contribution in [2.24, 2.45) is 4.99 Å². The summed E-state index contributed by atoms with van der Waals surface area (Å²) in [5, 5.41) is 0. The number of isocyanates is 1. The maximum Gasteiger partial charge on any atom is 0.235 e. The van der Waals surface area contributed by atoms with Gasteiger partial charge in [-0.3, -0.25) is 0 Å². The molecular weight excluding hydrogens is 181 g/mol. The molecule has 0 N–H and O–H groups in total. The number of aliphatic imine (C=N–C) groups is 1. The quantitative estimate of drug-likeness (QED) is 0.493. The third-order valence-electron chi connectivity index (χ3n) is 2.66. The molecule has 0 saturated heterocycles. The largest absolute Gasteiger partial charge is 0.235 e. The Morgan fingerprint density at radius 2 is 2.29 bits per heavy atom. The average Bonchev–Trinajstić information content (AvgIpc) is 2.44. The minimum atomic E-state index is -0.494. The summed E-state index contributed by atoms with van der Waals surface area (Å²) in [5.74, 6) is -0.202. The molecule has 0 aliphatic heterocycles. The van der Waals surface area contributed by atoms with Gasteiger partial charge >= 0.3 is 0 Å². The molecule has 0 saturated carbocycles. The molecule has 0 fully saturated rings. The molecule has 72 valence electrons. The standard InChI is InChI=1S/C11H10FNO/c1-11(13-7-14)5-8-3-2-4-10(12)9(8)6-11/h2-4H,5-6H2,1H3. The van der Waals surface area contributed by atoms with Crippen LogP contribution in [0.1, 0.15) is 18.1 Å². The smallest absolute Gasteiger partial charge is 0.211 e. The van der Waals surface area contributed by atoms with Gasteiger partial charge in [-0.2, -0.15) is 4.99 Å². The van der Waals surface area contributed by atoms with Gasteiger partial charge in [-0.25, -0.2) is 9.18 Å². The lowest BCUT2D eigenvalue weighted by Gasteiger charge is -2.13. The van der Waals surface area contributed by atoms with E-state index in [1.54, 1.807) is 12.1 Å². The van der Waals surface area contributed by atoms with Gasteiger partial charge in [0.1, 0.15) is 5.82 Å². The third-order valence-corrected chi connectivity index (χ3v) is 2.66. The first-order chi connectivity index (χ1) is 6.64. The molecule has 1 aliphatic rings. The summed E-state index contributed by atoms with van der Waals surface area (Å²) in [5.41, 5.74) is 1.15. The average molecular weight is 191 g/mol. The van der Waals surface area contributed by atoms with E-state index in [1.165, 1.54) is 6.07 Å². The van der Waals surface area contributed by atoms with Gasteiger partial charge in [0.25, 0.3) is 0 Å². The van der Waals surface area contributed by atoms with E-state index in [9.17, 15) is 9.18 Å². The van der Waals surface area contributed by atoms with Gasteiger partial charge in [0.2, 0.25) is 6.08 Å². The van der Waals surface area contributed by atoms with Gasteiger partial charge in [-0.05, 0) is 30.5 Å². The lowest BCUT2D eigenvalue weighted by atomic mass is 10.0. The first kappa shape index (κ1) is 9.10. The Kier molecular flexibility index (Phi) is 1.97. The van der Waals surface area contributed by atoms with Crippen molar-refractivity contribution in [2.45, 2.75) is 25.3 Å². The highest BCUT2D eigenvalue weighted by atomic mass is 19.1. The van der Waals surface area contributed by atoms with Crippen molar-refractivity contribution in [3.05, 3.63) is 35.1 Å². The maximum absolute atomic E-state index is 13.3. The first-order valence-corrected chi connectivity index (χ1v) is 4.50. The van der Waals surface area contributed by atoms with Crippen LogP contribution in [0.2, 0.25) is 0 Å². The molecule has 1 unspecified atom stereocenters. The first-order valence-electron chi connectivity index (χ1n) is 4.50. The molecule has 1 aliphatic carbocycles. The normalized spacial score (nSPS) is 24.1. The van der Waals surface area contributed by atoms with E-state index in [2.05, 4.69) is 4.99 Å². The Balaban J connectivity index is 2.43. The minimum absolute atomic E-state index is 0.202. The molecule has 1 aromatic carbocycles. The zero-order valence-corrected chi connectivity index (χ0v) is 7.88. The molecule has 14 heavy (non-hydrogen) atoms. The predicted molar refractivity (Wildman–Crippen MR) is 50.3 cm³/mol. The SMILES string of the molecule is CC1(N=C=O)Cc2cccc(F)c2C1. The van der Waals surface area contributed by atoms with Crippen molar-refractivity contribution >= 4 is 6.08 Å². The van der Waals surface area contributed by atoms with E-state index < -0.39 is 5.54 Å². The zero-order valence-electron chi connectivity index (χ0n) is 7.88. The van der Waals surface area contributed by atoms with Gasteiger partial charge in [0.05, 0.1) is 5.54 Å². The number of hydrogen-bond donors (Lipinski definition) is 0. The van der Waals surface area contributed by atoms with E-state index in [1.807, 2.05) is 13.0 Å². The molecule has 0 radical (unpaired) electrons. The molecule has 3 heteroatoms. The molecule has 1 aromatic rings. The molecule has 0 spiro atoms. The van der Waals surface area contributed by atoms with Crippen molar-refractivity contribution in [3.63, 3.8) is 0 Å². The Hall–Kier alpha value is -1.47. The van der Waals surface area contributed by atoms with Gasteiger partial charge in [0.15, 0.2) is 0 Å². The fraction of sp³-hybridized carbons (Fsp3) is 0.364. The van der Waals surface area contributed by atoms with Crippen LogP contribution in [0.25, 0.3) is 0 Å². The molecule has 1 atom stereocenters. The van der Waals surface area contributed by atoms with Crippen molar-refractivity contribution in [2.75, 3.05) is 0 Å². The van der Waals surface area contributed by atoms with Crippen LogP contribution in [-0.2, 0) is 17.6 Å². The number of fused-ring (bicyclic) bond motifs is 1. The summed E-state index contributed by atoms with van der Waals surface area (Å²) in [7, 11) is 0. The van der Waals surface area contributed by atoms with E-state index in [4.69, 9.17) is 0 Å². The van der Waals surface area contributed by atoms with Gasteiger partial charge in [-0.1, -0.05) is 12.1 Å². The van der Waals surface area contributed by atoms with E-state index in [0.29, 0.717) is 18.4 Å². The minimum Gasteiger partial charge on any atom is -0.211 e.